The van der Waals surface area contributed by atoms with Crippen LogP contribution in [0.25, 0.3) is 0 Å². The Bertz CT molecular complexity index is 370. The first kappa shape index (κ1) is 12.1. The number of nitrogens with zero attached hydrogens (tertiary/aromatic N) is 1. The van der Waals surface area contributed by atoms with Gasteiger partial charge < -0.3 is 15.1 Å². The third kappa shape index (κ3) is 3.05. The molecule has 91 valence electrons. The molecule has 1 fully saturated rings. The number of amides is 1. The smallest absolute Gasteiger partial charge is 0.227 e. The van der Waals surface area contributed by atoms with Crippen molar-refractivity contribution in [1.29, 1.82) is 0 Å². The molecule has 4 nitrogen and oxygen atoms in total. The maximum atomic E-state index is 11.8. The lowest BCUT2D eigenvalue weighted by molar-refractivity contribution is -0.127. The molecule has 2 rings (SSSR count). The molecule has 0 aromatic heterocycles. The van der Waals surface area contributed by atoms with Crippen LogP contribution in [0.15, 0.2) is 30.3 Å². The number of likely N-dealkylation sites (tertiary alicyclic amines) is 1. The molecule has 2 N–H and O–H groups in total. The van der Waals surface area contributed by atoms with E-state index < -0.39 is 12.2 Å². The molecule has 0 saturated carbocycles. The van der Waals surface area contributed by atoms with Crippen LogP contribution in [-0.4, -0.2) is 46.3 Å². The van der Waals surface area contributed by atoms with E-state index in [4.69, 9.17) is 0 Å². The Balaban J connectivity index is 1.82. The van der Waals surface area contributed by atoms with Crippen molar-refractivity contribution in [2.75, 3.05) is 13.1 Å². The van der Waals surface area contributed by atoms with E-state index in [0.29, 0.717) is 6.42 Å². The highest BCUT2D eigenvalue weighted by Gasteiger charge is 2.32. The van der Waals surface area contributed by atoms with Crippen molar-refractivity contribution in [2.45, 2.75) is 18.6 Å². The maximum Gasteiger partial charge on any atom is 0.227 e. The topological polar surface area (TPSA) is 60.8 Å². The molecule has 2 atom stereocenters. The van der Waals surface area contributed by atoms with Gasteiger partial charge in [-0.25, -0.2) is 0 Å². The number of carbonyl (C=O) groups is 1. The highest BCUT2D eigenvalue weighted by Crippen LogP contribution is 2.12. The van der Waals surface area contributed by atoms with E-state index in [0.717, 1.165) is 5.56 Å². The predicted octanol–water partition coefficient (Wildman–Crippen LogP) is -0.00261. The van der Waals surface area contributed by atoms with Gasteiger partial charge >= 0.3 is 0 Å². The molecule has 1 radical (unpaired) electrons. The van der Waals surface area contributed by atoms with Crippen molar-refractivity contribution in [3.63, 3.8) is 0 Å². The molecular weight excluding hydrogens is 218 g/mol. The molecule has 1 heterocycles. The van der Waals surface area contributed by atoms with Gasteiger partial charge in [-0.2, -0.15) is 0 Å². The van der Waals surface area contributed by atoms with Crippen molar-refractivity contribution in [3.8, 4) is 0 Å². The summed E-state index contributed by atoms with van der Waals surface area (Å²) in [5.74, 6) is -0.135. The Hall–Kier alpha value is -1.39. The van der Waals surface area contributed by atoms with Crippen LogP contribution in [0.2, 0.25) is 0 Å². The van der Waals surface area contributed by atoms with Crippen molar-refractivity contribution in [1.82, 2.24) is 4.90 Å². The van der Waals surface area contributed by atoms with Gasteiger partial charge in [-0.3, -0.25) is 4.79 Å². The van der Waals surface area contributed by atoms with Gasteiger partial charge in [0.1, 0.15) is 0 Å². The van der Waals surface area contributed by atoms with Crippen LogP contribution in [0.1, 0.15) is 5.56 Å². The standard InChI is InChI=1S/C13H16NO3/c15-11-8-14(9-12(11)16)13(17)7-6-10-4-2-1-3-5-10/h1-5,7,11-12,15-16H,6,8-9H2/t11-,12-/m0/s1. The van der Waals surface area contributed by atoms with Crippen LogP contribution in [0.5, 0.6) is 0 Å². The molecule has 1 aliphatic heterocycles. The minimum Gasteiger partial charge on any atom is -0.388 e. The zero-order valence-electron chi connectivity index (χ0n) is 9.49. The molecule has 0 unspecified atom stereocenters. The average molecular weight is 234 g/mol. The van der Waals surface area contributed by atoms with Gasteiger partial charge in [0, 0.05) is 13.1 Å². The monoisotopic (exact) mass is 234 g/mol. The van der Waals surface area contributed by atoms with Crippen molar-refractivity contribution >= 4 is 5.91 Å². The summed E-state index contributed by atoms with van der Waals surface area (Å²) in [6.07, 6.45) is 0.524. The summed E-state index contributed by atoms with van der Waals surface area (Å²) in [6.45, 7) is 0.427. The Labute approximate surface area is 100 Å². The van der Waals surface area contributed by atoms with Crippen LogP contribution in [0.4, 0.5) is 0 Å². The van der Waals surface area contributed by atoms with Crippen LogP contribution in [0.3, 0.4) is 0 Å². The van der Waals surface area contributed by atoms with Crippen LogP contribution >= 0.6 is 0 Å². The Morgan fingerprint density at radius 1 is 1.24 bits per heavy atom. The number of hydrogen-bond donors (Lipinski definition) is 2. The SMILES string of the molecule is O=C([CH]Cc1ccccc1)N1C[C@H](O)[C@@H](O)C1. The second kappa shape index (κ2) is 5.29. The molecule has 1 aromatic carbocycles. The van der Waals surface area contributed by atoms with Gasteiger partial charge in [-0.15, -0.1) is 0 Å². The predicted molar refractivity (Wildman–Crippen MR) is 63.0 cm³/mol. The first-order chi connectivity index (χ1) is 8.16. The minimum absolute atomic E-state index is 0.135. The number of aliphatic hydroxyl groups is 2. The lowest BCUT2D eigenvalue weighted by atomic mass is 10.1. The van der Waals surface area contributed by atoms with E-state index in [9.17, 15) is 15.0 Å². The van der Waals surface area contributed by atoms with E-state index in [1.165, 1.54) is 4.90 Å². The summed E-state index contributed by atoms with van der Waals surface area (Å²) in [6, 6.07) is 9.70. The lowest BCUT2D eigenvalue weighted by Gasteiger charge is -2.14. The van der Waals surface area contributed by atoms with E-state index in [1.807, 2.05) is 30.3 Å². The molecular formula is C13H16NO3. The number of carbonyl (C=O) groups excluding carboxylic acids is 1. The van der Waals surface area contributed by atoms with Gasteiger partial charge in [0.15, 0.2) is 0 Å². The fourth-order valence-electron chi connectivity index (χ4n) is 1.90. The third-order valence-corrected chi connectivity index (χ3v) is 2.93. The lowest BCUT2D eigenvalue weighted by Crippen LogP contribution is -2.30. The van der Waals surface area contributed by atoms with Crippen LogP contribution < -0.4 is 0 Å². The van der Waals surface area contributed by atoms with E-state index in [2.05, 4.69) is 0 Å². The third-order valence-electron chi connectivity index (χ3n) is 2.93. The van der Waals surface area contributed by atoms with Crippen molar-refractivity contribution in [3.05, 3.63) is 42.3 Å². The quantitative estimate of drug-likeness (QED) is 0.773. The minimum atomic E-state index is -0.816. The molecule has 0 spiro atoms. The first-order valence-corrected chi connectivity index (χ1v) is 5.69. The second-order valence-corrected chi connectivity index (χ2v) is 4.27. The van der Waals surface area contributed by atoms with Gasteiger partial charge in [-0.05, 0) is 12.0 Å². The normalized spacial score (nSPS) is 24.0. The van der Waals surface area contributed by atoms with Crippen molar-refractivity contribution in [2.24, 2.45) is 0 Å². The Morgan fingerprint density at radius 3 is 2.41 bits per heavy atom. The van der Waals surface area contributed by atoms with E-state index in [1.54, 1.807) is 6.42 Å². The summed E-state index contributed by atoms with van der Waals surface area (Å²) in [5.41, 5.74) is 1.07. The average Bonchev–Trinajstić information content (AvgIpc) is 2.68. The molecule has 1 aromatic rings. The number of rotatable bonds is 3. The Morgan fingerprint density at radius 2 is 1.82 bits per heavy atom. The number of hydrogen-bond acceptors (Lipinski definition) is 3. The summed E-state index contributed by atoms with van der Waals surface area (Å²) in [5, 5.41) is 18.7. The summed E-state index contributed by atoms with van der Waals surface area (Å²) < 4.78 is 0. The van der Waals surface area contributed by atoms with E-state index in [-0.39, 0.29) is 19.0 Å². The zero-order chi connectivity index (χ0) is 12.3. The van der Waals surface area contributed by atoms with Crippen LogP contribution in [-0.2, 0) is 11.2 Å². The molecule has 1 saturated heterocycles. The largest absolute Gasteiger partial charge is 0.388 e. The van der Waals surface area contributed by atoms with Gasteiger partial charge in [0.2, 0.25) is 5.91 Å². The highest BCUT2D eigenvalue weighted by atomic mass is 16.3. The van der Waals surface area contributed by atoms with Gasteiger partial charge in [-0.1, -0.05) is 30.3 Å². The molecule has 1 aliphatic rings. The van der Waals surface area contributed by atoms with Crippen molar-refractivity contribution < 1.29 is 15.0 Å². The molecule has 17 heavy (non-hydrogen) atoms. The fourth-order valence-corrected chi connectivity index (χ4v) is 1.90. The Kier molecular flexibility index (Phi) is 3.76. The first-order valence-electron chi connectivity index (χ1n) is 5.69. The molecule has 4 heteroatoms. The number of β-amino-alcohol motifs (C(OH)–C–C–N with tert-alkyl or cyclic N) is 2. The van der Waals surface area contributed by atoms with Gasteiger partial charge in [0.05, 0.1) is 18.6 Å². The second-order valence-electron chi connectivity index (χ2n) is 4.27. The number of benzene rings is 1. The summed E-state index contributed by atoms with van der Waals surface area (Å²) >= 11 is 0. The summed E-state index contributed by atoms with van der Waals surface area (Å²) in [7, 11) is 0. The van der Waals surface area contributed by atoms with E-state index >= 15 is 0 Å². The fraction of sp³-hybridized carbons (Fsp3) is 0.385. The summed E-state index contributed by atoms with van der Waals surface area (Å²) in [4.78, 5) is 13.2. The molecule has 1 amide bonds. The zero-order valence-corrected chi connectivity index (χ0v) is 9.49. The number of aliphatic hydroxyl groups excluding tert-OH is 2. The molecule has 0 aliphatic carbocycles. The highest BCUT2D eigenvalue weighted by molar-refractivity contribution is 5.85. The van der Waals surface area contributed by atoms with Gasteiger partial charge in [0.25, 0.3) is 0 Å². The molecule has 0 bridgehead atoms. The van der Waals surface area contributed by atoms with Crippen LogP contribution in [0, 0.1) is 6.42 Å². The maximum absolute atomic E-state index is 11.8.